The highest BCUT2D eigenvalue weighted by atomic mass is 35.5. The first-order chi connectivity index (χ1) is 6.59. The fourth-order valence-electron chi connectivity index (χ4n) is 1.62. The summed E-state index contributed by atoms with van der Waals surface area (Å²) in [6.07, 6.45) is 0. The van der Waals surface area contributed by atoms with E-state index in [4.69, 9.17) is 17.3 Å². The maximum atomic E-state index is 5.93. The van der Waals surface area contributed by atoms with Gasteiger partial charge < -0.3 is 5.73 Å². The maximum absolute atomic E-state index is 5.93. The molecule has 1 aromatic heterocycles. The van der Waals surface area contributed by atoms with Crippen LogP contribution in [0.15, 0.2) is 18.2 Å². The van der Waals surface area contributed by atoms with Gasteiger partial charge in [-0.2, -0.15) is 0 Å². The van der Waals surface area contributed by atoms with Crippen LogP contribution in [0.5, 0.6) is 0 Å². The lowest BCUT2D eigenvalue weighted by Gasteiger charge is -2.07. The summed E-state index contributed by atoms with van der Waals surface area (Å²) in [5.74, 6) is 0. The summed E-state index contributed by atoms with van der Waals surface area (Å²) < 4.78 is 0. The van der Waals surface area contributed by atoms with Crippen LogP contribution in [0.25, 0.3) is 10.9 Å². The lowest BCUT2D eigenvalue weighted by Crippen LogP contribution is -1.94. The number of pyridine rings is 1. The summed E-state index contributed by atoms with van der Waals surface area (Å²) in [6.45, 7) is 4.00. The molecule has 3 heteroatoms. The van der Waals surface area contributed by atoms with Crippen LogP contribution in [0.1, 0.15) is 11.3 Å². The molecule has 0 bridgehead atoms. The third-order valence-corrected chi connectivity index (χ3v) is 2.63. The van der Waals surface area contributed by atoms with E-state index in [-0.39, 0.29) is 0 Å². The van der Waals surface area contributed by atoms with Crippen LogP contribution in [-0.4, -0.2) is 4.98 Å². The maximum Gasteiger partial charge on any atom is 0.0952 e. The number of nitrogen functional groups attached to an aromatic ring is 1. The summed E-state index contributed by atoms with van der Waals surface area (Å²) in [7, 11) is 0. The molecule has 0 spiro atoms. The second kappa shape index (κ2) is 3.14. The van der Waals surface area contributed by atoms with Crippen LogP contribution in [-0.2, 0) is 0 Å². The smallest absolute Gasteiger partial charge is 0.0952 e. The molecule has 0 aliphatic heterocycles. The molecule has 0 aliphatic rings. The number of nitrogens with zero attached hydrogens (tertiary/aromatic N) is 1. The highest BCUT2D eigenvalue weighted by Crippen LogP contribution is 2.28. The van der Waals surface area contributed by atoms with Gasteiger partial charge in [-0.25, -0.2) is 0 Å². The van der Waals surface area contributed by atoms with Gasteiger partial charge in [-0.1, -0.05) is 17.7 Å². The van der Waals surface area contributed by atoms with Crippen molar-refractivity contribution in [3.63, 3.8) is 0 Å². The average molecular weight is 207 g/mol. The fraction of sp³-hybridized carbons (Fsp3) is 0.182. The second-order valence-electron chi connectivity index (χ2n) is 3.44. The molecule has 0 amide bonds. The first kappa shape index (κ1) is 9.28. The number of aryl methyl sites for hydroxylation is 2. The zero-order chi connectivity index (χ0) is 10.3. The SMILES string of the molecule is Cc1cc(C)c2ccc(Cl)c(N)c2n1. The molecule has 2 rings (SSSR count). The van der Waals surface area contributed by atoms with Gasteiger partial charge in [-0.05, 0) is 31.5 Å². The molecule has 0 fully saturated rings. The standard InChI is InChI=1S/C11H11ClN2/c1-6-5-7(2)14-11-8(6)3-4-9(12)10(11)13/h3-5H,13H2,1-2H3. The highest BCUT2D eigenvalue weighted by Gasteiger charge is 2.06. The van der Waals surface area contributed by atoms with Crippen molar-refractivity contribution in [2.75, 3.05) is 5.73 Å². The summed E-state index contributed by atoms with van der Waals surface area (Å²) >= 11 is 5.93. The average Bonchev–Trinajstić information content (AvgIpc) is 2.12. The Morgan fingerprint density at radius 2 is 2.00 bits per heavy atom. The van der Waals surface area contributed by atoms with Crippen LogP contribution in [0.2, 0.25) is 5.02 Å². The summed E-state index contributed by atoms with van der Waals surface area (Å²) in [4.78, 5) is 4.39. The van der Waals surface area contributed by atoms with E-state index < -0.39 is 0 Å². The minimum atomic E-state index is 0.565. The molecule has 0 unspecified atom stereocenters. The first-order valence-corrected chi connectivity index (χ1v) is 4.79. The van der Waals surface area contributed by atoms with Gasteiger partial charge in [0.1, 0.15) is 0 Å². The van der Waals surface area contributed by atoms with E-state index in [1.54, 1.807) is 0 Å². The summed E-state index contributed by atoms with van der Waals surface area (Å²) in [6, 6.07) is 5.80. The van der Waals surface area contributed by atoms with Crippen molar-refractivity contribution in [1.82, 2.24) is 4.98 Å². The van der Waals surface area contributed by atoms with Gasteiger partial charge in [0.2, 0.25) is 0 Å². The van der Waals surface area contributed by atoms with E-state index in [9.17, 15) is 0 Å². The Bertz CT molecular complexity index is 506. The number of anilines is 1. The molecule has 2 N–H and O–H groups in total. The predicted octanol–water partition coefficient (Wildman–Crippen LogP) is 3.09. The molecule has 14 heavy (non-hydrogen) atoms. The van der Waals surface area contributed by atoms with E-state index in [2.05, 4.69) is 4.98 Å². The fourth-order valence-corrected chi connectivity index (χ4v) is 1.77. The van der Waals surface area contributed by atoms with Gasteiger partial charge in [0, 0.05) is 11.1 Å². The Morgan fingerprint density at radius 1 is 1.29 bits per heavy atom. The number of halogens is 1. The number of fused-ring (bicyclic) bond motifs is 1. The number of hydrogen-bond acceptors (Lipinski definition) is 2. The summed E-state index contributed by atoms with van der Waals surface area (Å²) in [5.41, 5.74) is 9.37. The van der Waals surface area contributed by atoms with Crippen molar-refractivity contribution in [3.05, 3.63) is 34.5 Å². The first-order valence-electron chi connectivity index (χ1n) is 4.41. The quantitative estimate of drug-likeness (QED) is 0.673. The van der Waals surface area contributed by atoms with E-state index >= 15 is 0 Å². The third-order valence-electron chi connectivity index (χ3n) is 2.30. The minimum Gasteiger partial charge on any atom is -0.396 e. The van der Waals surface area contributed by atoms with Crippen molar-refractivity contribution < 1.29 is 0 Å². The Hall–Kier alpha value is -1.28. The van der Waals surface area contributed by atoms with Gasteiger partial charge in [0.15, 0.2) is 0 Å². The molecule has 0 saturated carbocycles. The highest BCUT2D eigenvalue weighted by molar-refractivity contribution is 6.34. The van der Waals surface area contributed by atoms with Crippen LogP contribution >= 0.6 is 11.6 Å². The largest absolute Gasteiger partial charge is 0.396 e. The lowest BCUT2D eigenvalue weighted by molar-refractivity contribution is 1.23. The van der Waals surface area contributed by atoms with Crippen molar-refractivity contribution in [2.24, 2.45) is 0 Å². The lowest BCUT2D eigenvalue weighted by atomic mass is 10.1. The zero-order valence-corrected chi connectivity index (χ0v) is 8.89. The monoisotopic (exact) mass is 206 g/mol. The number of nitrogens with two attached hydrogens (primary N) is 1. The molecule has 0 radical (unpaired) electrons. The molecule has 0 atom stereocenters. The van der Waals surface area contributed by atoms with Crippen molar-refractivity contribution >= 4 is 28.2 Å². The Balaban J connectivity index is 2.95. The van der Waals surface area contributed by atoms with E-state index in [0.29, 0.717) is 10.7 Å². The van der Waals surface area contributed by atoms with Crippen LogP contribution in [0.4, 0.5) is 5.69 Å². The Labute approximate surface area is 87.7 Å². The van der Waals surface area contributed by atoms with Crippen LogP contribution in [0, 0.1) is 13.8 Å². The molecule has 1 heterocycles. The molecule has 2 aromatic rings. The second-order valence-corrected chi connectivity index (χ2v) is 3.84. The molecule has 0 aliphatic carbocycles. The summed E-state index contributed by atoms with van der Waals surface area (Å²) in [5, 5.41) is 1.63. The van der Waals surface area contributed by atoms with Gasteiger partial charge >= 0.3 is 0 Å². The van der Waals surface area contributed by atoms with Gasteiger partial charge in [-0.15, -0.1) is 0 Å². The topological polar surface area (TPSA) is 38.9 Å². The van der Waals surface area contributed by atoms with Crippen molar-refractivity contribution in [2.45, 2.75) is 13.8 Å². The Morgan fingerprint density at radius 3 is 2.71 bits per heavy atom. The predicted molar refractivity (Wildman–Crippen MR) is 60.6 cm³/mol. The molecular weight excluding hydrogens is 196 g/mol. The molecule has 72 valence electrons. The molecule has 1 aromatic carbocycles. The number of benzene rings is 1. The van der Waals surface area contributed by atoms with Gasteiger partial charge in [0.25, 0.3) is 0 Å². The number of rotatable bonds is 0. The third kappa shape index (κ3) is 1.32. The molecular formula is C11H11ClN2. The number of aromatic nitrogens is 1. The van der Waals surface area contributed by atoms with Crippen LogP contribution in [0.3, 0.4) is 0 Å². The van der Waals surface area contributed by atoms with E-state index in [1.165, 1.54) is 5.56 Å². The molecule has 2 nitrogen and oxygen atoms in total. The molecule has 0 saturated heterocycles. The minimum absolute atomic E-state index is 0.565. The number of hydrogen-bond donors (Lipinski definition) is 1. The van der Waals surface area contributed by atoms with Crippen LogP contribution < -0.4 is 5.73 Å². The Kier molecular flexibility index (Phi) is 2.08. The normalized spacial score (nSPS) is 10.8. The zero-order valence-electron chi connectivity index (χ0n) is 8.13. The van der Waals surface area contributed by atoms with E-state index in [1.807, 2.05) is 32.0 Å². The van der Waals surface area contributed by atoms with Crippen molar-refractivity contribution in [1.29, 1.82) is 0 Å². The van der Waals surface area contributed by atoms with Gasteiger partial charge in [-0.3, -0.25) is 4.98 Å². The van der Waals surface area contributed by atoms with Gasteiger partial charge in [0.05, 0.1) is 16.2 Å². The van der Waals surface area contributed by atoms with E-state index in [0.717, 1.165) is 16.6 Å². The van der Waals surface area contributed by atoms with Crippen molar-refractivity contribution in [3.8, 4) is 0 Å².